The SMILES string of the molecule is Cc1nn(-c2ccccc2)c(C)c1-c1noc(N)c1C(=O)O. The van der Waals surface area contributed by atoms with Crippen LogP contribution in [0.5, 0.6) is 0 Å². The predicted molar refractivity (Wildman–Crippen MR) is 79.9 cm³/mol. The molecule has 0 fully saturated rings. The Labute approximate surface area is 126 Å². The van der Waals surface area contributed by atoms with Gasteiger partial charge in [0.2, 0.25) is 5.88 Å². The van der Waals surface area contributed by atoms with E-state index in [0.717, 1.165) is 11.4 Å². The molecular weight excluding hydrogens is 284 g/mol. The zero-order valence-corrected chi connectivity index (χ0v) is 12.1. The second kappa shape index (κ2) is 5.03. The number of nitrogen functional groups attached to an aromatic ring is 1. The monoisotopic (exact) mass is 298 g/mol. The van der Waals surface area contributed by atoms with Crippen molar-refractivity contribution in [1.82, 2.24) is 14.9 Å². The van der Waals surface area contributed by atoms with Crippen molar-refractivity contribution < 1.29 is 14.4 Å². The number of rotatable bonds is 3. The van der Waals surface area contributed by atoms with Crippen molar-refractivity contribution in [2.24, 2.45) is 0 Å². The molecule has 0 aliphatic rings. The van der Waals surface area contributed by atoms with Crippen LogP contribution in [0.4, 0.5) is 5.88 Å². The van der Waals surface area contributed by atoms with E-state index in [1.165, 1.54) is 0 Å². The molecule has 0 saturated heterocycles. The smallest absolute Gasteiger partial charge is 0.343 e. The Hall–Kier alpha value is -3.09. The first kappa shape index (κ1) is 13.9. The molecule has 3 rings (SSSR count). The van der Waals surface area contributed by atoms with Gasteiger partial charge < -0.3 is 15.4 Å². The second-order valence-electron chi connectivity index (χ2n) is 4.87. The first-order valence-electron chi connectivity index (χ1n) is 6.61. The number of nitrogens with two attached hydrogens (primary N) is 1. The summed E-state index contributed by atoms with van der Waals surface area (Å²) in [5.41, 5.74) is 8.52. The number of para-hydroxylation sites is 1. The van der Waals surface area contributed by atoms with Gasteiger partial charge in [-0.1, -0.05) is 23.4 Å². The highest BCUT2D eigenvalue weighted by molar-refractivity contribution is 5.99. The molecule has 3 N–H and O–H groups in total. The van der Waals surface area contributed by atoms with Gasteiger partial charge in [0, 0.05) is 5.56 Å². The Bertz CT molecular complexity index is 849. The molecule has 7 heteroatoms. The molecule has 0 spiro atoms. The summed E-state index contributed by atoms with van der Waals surface area (Å²) < 4.78 is 6.58. The van der Waals surface area contributed by atoms with Gasteiger partial charge in [0.25, 0.3) is 0 Å². The van der Waals surface area contributed by atoms with E-state index in [-0.39, 0.29) is 17.1 Å². The fourth-order valence-electron chi connectivity index (χ4n) is 2.49. The number of hydrogen-bond donors (Lipinski definition) is 2. The standard InChI is InChI=1S/C15H14N4O3/c1-8-11(13-12(15(20)21)14(16)22-18-13)9(2)19(17-8)10-6-4-3-5-7-10/h3-7H,16H2,1-2H3,(H,20,21). The summed E-state index contributed by atoms with van der Waals surface area (Å²) in [5.74, 6) is -1.39. The Morgan fingerprint density at radius 2 is 1.95 bits per heavy atom. The number of carboxylic acid groups (broad SMARTS) is 1. The molecule has 0 aliphatic carbocycles. The molecule has 2 aromatic heterocycles. The number of hydrogen-bond acceptors (Lipinski definition) is 5. The molecule has 0 aliphatic heterocycles. The molecule has 22 heavy (non-hydrogen) atoms. The number of aromatic nitrogens is 3. The van der Waals surface area contributed by atoms with Crippen molar-refractivity contribution in [3.8, 4) is 16.9 Å². The van der Waals surface area contributed by atoms with Crippen LogP contribution in [0.1, 0.15) is 21.7 Å². The molecule has 0 bridgehead atoms. The lowest BCUT2D eigenvalue weighted by Crippen LogP contribution is -2.02. The molecule has 7 nitrogen and oxygen atoms in total. The lowest BCUT2D eigenvalue weighted by molar-refractivity contribution is 0.0698. The van der Waals surface area contributed by atoms with E-state index in [1.54, 1.807) is 11.6 Å². The van der Waals surface area contributed by atoms with Gasteiger partial charge in [0.15, 0.2) is 5.56 Å². The normalized spacial score (nSPS) is 10.8. The number of anilines is 1. The fraction of sp³-hybridized carbons (Fsp3) is 0.133. The quantitative estimate of drug-likeness (QED) is 0.769. The van der Waals surface area contributed by atoms with Gasteiger partial charge in [-0.15, -0.1) is 0 Å². The molecule has 112 valence electrons. The number of nitrogens with zero attached hydrogens (tertiary/aromatic N) is 3. The lowest BCUT2D eigenvalue weighted by atomic mass is 10.1. The molecule has 0 amide bonds. The van der Waals surface area contributed by atoms with Crippen molar-refractivity contribution in [2.75, 3.05) is 5.73 Å². The zero-order chi connectivity index (χ0) is 15.9. The molecule has 0 atom stereocenters. The summed E-state index contributed by atoms with van der Waals surface area (Å²) >= 11 is 0. The summed E-state index contributed by atoms with van der Waals surface area (Å²) in [4.78, 5) is 11.4. The van der Waals surface area contributed by atoms with Crippen molar-refractivity contribution in [3.05, 3.63) is 47.3 Å². The third-order valence-electron chi connectivity index (χ3n) is 3.46. The first-order valence-corrected chi connectivity index (χ1v) is 6.61. The van der Waals surface area contributed by atoms with E-state index in [4.69, 9.17) is 10.3 Å². The number of benzene rings is 1. The van der Waals surface area contributed by atoms with Crippen LogP contribution in [0.2, 0.25) is 0 Å². The van der Waals surface area contributed by atoms with Gasteiger partial charge in [-0.25, -0.2) is 9.48 Å². The van der Waals surface area contributed by atoms with Gasteiger partial charge in [-0.05, 0) is 26.0 Å². The van der Waals surface area contributed by atoms with Crippen molar-refractivity contribution >= 4 is 11.9 Å². The maximum atomic E-state index is 11.4. The van der Waals surface area contributed by atoms with E-state index in [1.807, 2.05) is 37.3 Å². The minimum atomic E-state index is -1.18. The topological polar surface area (TPSA) is 107 Å². The van der Waals surface area contributed by atoms with Gasteiger partial charge in [-0.2, -0.15) is 5.10 Å². The van der Waals surface area contributed by atoms with Crippen LogP contribution in [0, 0.1) is 13.8 Å². The zero-order valence-electron chi connectivity index (χ0n) is 12.1. The van der Waals surface area contributed by atoms with Crippen LogP contribution in [-0.2, 0) is 0 Å². The second-order valence-corrected chi connectivity index (χ2v) is 4.87. The Kier molecular flexibility index (Phi) is 3.17. The number of carbonyl (C=O) groups is 1. The maximum Gasteiger partial charge on any atom is 0.343 e. The minimum absolute atomic E-state index is 0.140. The Morgan fingerprint density at radius 1 is 1.27 bits per heavy atom. The Morgan fingerprint density at radius 3 is 2.59 bits per heavy atom. The highest BCUT2D eigenvalue weighted by Crippen LogP contribution is 2.32. The molecule has 3 aromatic rings. The highest BCUT2D eigenvalue weighted by atomic mass is 16.5. The summed E-state index contributed by atoms with van der Waals surface area (Å²) in [7, 11) is 0. The largest absolute Gasteiger partial charge is 0.477 e. The molecule has 0 unspecified atom stereocenters. The molecule has 1 aromatic carbocycles. The van der Waals surface area contributed by atoms with E-state index in [9.17, 15) is 9.90 Å². The number of carboxylic acids is 1. The van der Waals surface area contributed by atoms with Crippen LogP contribution in [0.25, 0.3) is 16.9 Å². The molecule has 0 radical (unpaired) electrons. The summed E-state index contributed by atoms with van der Waals surface area (Å²) in [6, 6.07) is 9.55. The third-order valence-corrected chi connectivity index (χ3v) is 3.46. The van der Waals surface area contributed by atoms with Crippen LogP contribution in [0.3, 0.4) is 0 Å². The fourth-order valence-corrected chi connectivity index (χ4v) is 2.49. The first-order chi connectivity index (χ1) is 10.5. The van der Waals surface area contributed by atoms with Crippen LogP contribution in [0.15, 0.2) is 34.9 Å². The highest BCUT2D eigenvalue weighted by Gasteiger charge is 2.26. The Balaban J connectivity index is 2.22. The van der Waals surface area contributed by atoms with Gasteiger partial charge >= 0.3 is 5.97 Å². The predicted octanol–water partition coefficient (Wildman–Crippen LogP) is 2.42. The molecule has 2 heterocycles. The summed E-state index contributed by atoms with van der Waals surface area (Å²) in [6.45, 7) is 3.64. The van der Waals surface area contributed by atoms with Crippen molar-refractivity contribution in [2.45, 2.75) is 13.8 Å². The third kappa shape index (κ3) is 2.03. The average Bonchev–Trinajstić information content (AvgIpc) is 3.00. The van der Waals surface area contributed by atoms with Crippen LogP contribution >= 0.6 is 0 Å². The minimum Gasteiger partial charge on any atom is -0.477 e. The van der Waals surface area contributed by atoms with Gasteiger partial charge in [0.05, 0.1) is 17.1 Å². The average molecular weight is 298 g/mol. The number of aromatic carboxylic acids is 1. The van der Waals surface area contributed by atoms with Gasteiger partial charge in [-0.3, -0.25) is 0 Å². The molecule has 0 saturated carbocycles. The maximum absolute atomic E-state index is 11.4. The van der Waals surface area contributed by atoms with Crippen molar-refractivity contribution in [3.63, 3.8) is 0 Å². The molecular formula is C15H14N4O3. The van der Waals surface area contributed by atoms with Crippen LogP contribution < -0.4 is 5.73 Å². The van der Waals surface area contributed by atoms with E-state index in [0.29, 0.717) is 11.3 Å². The summed E-state index contributed by atoms with van der Waals surface area (Å²) in [5, 5.41) is 17.6. The van der Waals surface area contributed by atoms with E-state index < -0.39 is 5.97 Å². The van der Waals surface area contributed by atoms with Gasteiger partial charge in [0.1, 0.15) is 5.69 Å². The lowest BCUT2D eigenvalue weighted by Gasteiger charge is -2.04. The van der Waals surface area contributed by atoms with E-state index in [2.05, 4.69) is 10.3 Å². The van der Waals surface area contributed by atoms with E-state index >= 15 is 0 Å². The number of aryl methyl sites for hydroxylation is 1. The van der Waals surface area contributed by atoms with Crippen LogP contribution in [-0.4, -0.2) is 26.0 Å². The summed E-state index contributed by atoms with van der Waals surface area (Å²) in [6.07, 6.45) is 0. The van der Waals surface area contributed by atoms with Crippen molar-refractivity contribution in [1.29, 1.82) is 0 Å².